The number of nitrogens with zero attached hydrogens (tertiary/aromatic N) is 2. The second-order valence-electron chi connectivity index (χ2n) is 4.24. The number of halogens is 1. The van der Waals surface area contributed by atoms with Gasteiger partial charge in [0, 0.05) is 22.3 Å². The van der Waals surface area contributed by atoms with Crippen molar-refractivity contribution in [2.24, 2.45) is 5.92 Å². The van der Waals surface area contributed by atoms with Crippen molar-refractivity contribution >= 4 is 45.3 Å². The molecule has 0 aromatic heterocycles. The highest BCUT2D eigenvalue weighted by molar-refractivity contribution is 9.10. The molecule has 0 aliphatic carbocycles. The second kappa shape index (κ2) is 6.29. The van der Waals surface area contributed by atoms with E-state index in [1.54, 1.807) is 23.1 Å². The zero-order valence-electron chi connectivity index (χ0n) is 10.6. The number of hydrogen-bond acceptors (Lipinski definition) is 5. The van der Waals surface area contributed by atoms with Crippen LogP contribution in [0.15, 0.2) is 27.6 Å². The monoisotopic (exact) mass is 354 g/mol. The summed E-state index contributed by atoms with van der Waals surface area (Å²) in [5.41, 5.74) is 0.698. The highest BCUT2D eigenvalue weighted by Gasteiger charge is 2.36. The number of amides is 1. The van der Waals surface area contributed by atoms with E-state index in [0.29, 0.717) is 12.2 Å². The van der Waals surface area contributed by atoms with Gasteiger partial charge >= 0.3 is 5.97 Å². The standard InChI is InChI=1S/C13H11BrN2O3S/c1-19-13(18)8-4-12(17)16(6-8)11-3-2-9(20-7-15)5-10(11)14/h2-3,5,8H,4,6H2,1H3. The lowest BCUT2D eigenvalue weighted by molar-refractivity contribution is -0.145. The Hall–Kier alpha value is -1.52. The third-order valence-corrected chi connectivity index (χ3v) is 4.25. The van der Waals surface area contributed by atoms with Gasteiger partial charge in [0.25, 0.3) is 0 Å². The fraction of sp³-hybridized carbons (Fsp3) is 0.308. The van der Waals surface area contributed by atoms with Crippen LogP contribution in [0.2, 0.25) is 0 Å². The first-order chi connectivity index (χ1) is 9.56. The average molecular weight is 355 g/mol. The zero-order chi connectivity index (χ0) is 14.7. The van der Waals surface area contributed by atoms with Gasteiger partial charge in [0.1, 0.15) is 5.40 Å². The fourth-order valence-corrected chi connectivity index (χ4v) is 3.25. The van der Waals surface area contributed by atoms with Crippen molar-refractivity contribution in [2.75, 3.05) is 18.6 Å². The third-order valence-electron chi connectivity index (χ3n) is 3.03. The topological polar surface area (TPSA) is 70.4 Å². The summed E-state index contributed by atoms with van der Waals surface area (Å²) in [7, 11) is 1.32. The summed E-state index contributed by atoms with van der Waals surface area (Å²) < 4.78 is 5.40. The Morgan fingerprint density at radius 3 is 2.95 bits per heavy atom. The smallest absolute Gasteiger partial charge is 0.311 e. The molecule has 0 spiro atoms. The summed E-state index contributed by atoms with van der Waals surface area (Å²) in [6.07, 6.45) is 0.161. The molecule has 2 rings (SSSR count). The summed E-state index contributed by atoms with van der Waals surface area (Å²) in [4.78, 5) is 25.9. The Morgan fingerprint density at radius 2 is 2.35 bits per heavy atom. The van der Waals surface area contributed by atoms with Crippen molar-refractivity contribution in [1.29, 1.82) is 5.26 Å². The summed E-state index contributed by atoms with van der Waals surface area (Å²) in [5.74, 6) is -0.900. The number of benzene rings is 1. The number of thioether (sulfide) groups is 1. The Morgan fingerprint density at radius 1 is 1.60 bits per heavy atom. The molecule has 1 saturated heterocycles. The largest absolute Gasteiger partial charge is 0.469 e. The molecule has 0 radical (unpaired) electrons. The second-order valence-corrected chi connectivity index (χ2v) is 5.95. The van der Waals surface area contributed by atoms with E-state index in [-0.39, 0.29) is 18.3 Å². The van der Waals surface area contributed by atoms with Crippen LogP contribution in [0.1, 0.15) is 6.42 Å². The van der Waals surface area contributed by atoms with Crippen LogP contribution in [0.25, 0.3) is 0 Å². The van der Waals surface area contributed by atoms with Crippen molar-refractivity contribution in [3.63, 3.8) is 0 Å². The molecule has 1 unspecified atom stereocenters. The molecule has 1 atom stereocenters. The first-order valence-electron chi connectivity index (χ1n) is 5.80. The van der Waals surface area contributed by atoms with Gasteiger partial charge in [-0.25, -0.2) is 0 Å². The summed E-state index contributed by atoms with van der Waals surface area (Å²) in [6, 6.07) is 5.32. The Balaban J connectivity index is 2.22. The molecule has 0 saturated carbocycles. The van der Waals surface area contributed by atoms with Crippen LogP contribution in [0.3, 0.4) is 0 Å². The molecule has 5 nitrogen and oxygen atoms in total. The Labute approximate surface area is 129 Å². The van der Waals surface area contributed by atoms with Crippen molar-refractivity contribution in [2.45, 2.75) is 11.3 Å². The first-order valence-corrected chi connectivity index (χ1v) is 7.41. The predicted molar refractivity (Wildman–Crippen MR) is 78.1 cm³/mol. The van der Waals surface area contributed by atoms with Crippen molar-refractivity contribution in [1.82, 2.24) is 0 Å². The van der Waals surface area contributed by atoms with Gasteiger partial charge in [0.2, 0.25) is 5.91 Å². The van der Waals surface area contributed by atoms with Gasteiger partial charge in [-0.2, -0.15) is 5.26 Å². The van der Waals surface area contributed by atoms with Crippen LogP contribution in [0.4, 0.5) is 5.69 Å². The molecule has 1 aromatic carbocycles. The van der Waals surface area contributed by atoms with Crippen molar-refractivity contribution in [3.8, 4) is 5.40 Å². The maximum atomic E-state index is 12.0. The minimum Gasteiger partial charge on any atom is -0.469 e. The highest BCUT2D eigenvalue weighted by atomic mass is 79.9. The van der Waals surface area contributed by atoms with Crippen LogP contribution in [0.5, 0.6) is 0 Å². The van der Waals surface area contributed by atoms with E-state index in [2.05, 4.69) is 20.7 Å². The molecular formula is C13H11BrN2O3S. The Kier molecular flexibility index (Phi) is 4.68. The normalized spacial score (nSPS) is 17.9. The van der Waals surface area contributed by atoms with E-state index in [1.807, 2.05) is 5.40 Å². The summed E-state index contributed by atoms with van der Waals surface area (Å²) >= 11 is 4.44. The molecule has 1 fully saturated rings. The molecule has 1 aliphatic rings. The summed E-state index contributed by atoms with van der Waals surface area (Å²) in [6.45, 7) is 0.314. The van der Waals surface area contributed by atoms with E-state index in [1.165, 1.54) is 7.11 Å². The lowest BCUT2D eigenvalue weighted by Gasteiger charge is -2.18. The summed E-state index contributed by atoms with van der Waals surface area (Å²) in [5, 5.41) is 10.6. The number of methoxy groups -OCH3 is 1. The SMILES string of the molecule is COC(=O)C1CC(=O)N(c2ccc(SC#N)cc2Br)C1. The van der Waals surface area contributed by atoms with Crippen LogP contribution >= 0.6 is 27.7 Å². The maximum Gasteiger partial charge on any atom is 0.311 e. The Bertz CT molecular complexity index is 600. The molecule has 1 heterocycles. The quantitative estimate of drug-likeness (QED) is 0.473. The van der Waals surface area contributed by atoms with Crippen LogP contribution in [0, 0.1) is 16.6 Å². The van der Waals surface area contributed by atoms with E-state index >= 15 is 0 Å². The molecule has 0 N–H and O–H groups in total. The third kappa shape index (κ3) is 2.97. The minimum absolute atomic E-state index is 0.109. The van der Waals surface area contributed by atoms with Gasteiger partial charge in [0.15, 0.2) is 0 Å². The van der Waals surface area contributed by atoms with Gasteiger partial charge in [0.05, 0.1) is 18.7 Å². The lowest BCUT2D eigenvalue weighted by atomic mass is 10.1. The molecule has 20 heavy (non-hydrogen) atoms. The molecule has 1 aromatic rings. The number of ether oxygens (including phenoxy) is 1. The molecule has 1 aliphatic heterocycles. The number of hydrogen-bond donors (Lipinski definition) is 0. The molecule has 7 heteroatoms. The van der Waals surface area contributed by atoms with E-state index in [4.69, 9.17) is 5.26 Å². The van der Waals surface area contributed by atoms with Gasteiger partial charge in [-0.1, -0.05) is 0 Å². The van der Waals surface area contributed by atoms with Crippen molar-refractivity contribution in [3.05, 3.63) is 22.7 Å². The van der Waals surface area contributed by atoms with Gasteiger partial charge in [-0.3, -0.25) is 9.59 Å². The lowest BCUT2D eigenvalue weighted by Crippen LogP contribution is -2.26. The van der Waals surface area contributed by atoms with Crippen molar-refractivity contribution < 1.29 is 14.3 Å². The number of esters is 1. The van der Waals surface area contributed by atoms with Crippen LogP contribution in [-0.4, -0.2) is 25.5 Å². The van der Waals surface area contributed by atoms with E-state index < -0.39 is 5.92 Å². The predicted octanol–water partition coefficient (Wildman–Crippen LogP) is 2.55. The van der Waals surface area contributed by atoms with Crippen LogP contribution < -0.4 is 4.90 Å². The molecule has 104 valence electrons. The zero-order valence-corrected chi connectivity index (χ0v) is 13.0. The van der Waals surface area contributed by atoms with Crippen LogP contribution in [-0.2, 0) is 14.3 Å². The molecule has 0 bridgehead atoms. The van der Waals surface area contributed by atoms with E-state index in [0.717, 1.165) is 21.1 Å². The van der Waals surface area contributed by atoms with Gasteiger partial charge in [-0.05, 0) is 45.9 Å². The molecule has 1 amide bonds. The average Bonchev–Trinajstić information content (AvgIpc) is 2.80. The first kappa shape index (κ1) is 14.9. The van der Waals surface area contributed by atoms with Gasteiger partial charge in [-0.15, -0.1) is 0 Å². The number of nitriles is 1. The minimum atomic E-state index is -0.424. The number of anilines is 1. The van der Waals surface area contributed by atoms with E-state index in [9.17, 15) is 9.59 Å². The fourth-order valence-electron chi connectivity index (χ4n) is 2.09. The highest BCUT2D eigenvalue weighted by Crippen LogP contribution is 2.34. The van der Waals surface area contributed by atoms with Gasteiger partial charge < -0.3 is 9.64 Å². The maximum absolute atomic E-state index is 12.0. The number of thiocyanates is 1. The number of rotatable bonds is 3. The molecular weight excluding hydrogens is 344 g/mol. The number of carbonyl (C=O) groups excluding carboxylic acids is 2. The number of carbonyl (C=O) groups is 2.